The first-order valence-electron chi connectivity index (χ1n) is 17.2. The number of pyridine rings is 1. The lowest BCUT2D eigenvalue weighted by molar-refractivity contribution is -0.135. The molecule has 1 aliphatic heterocycles. The quantitative estimate of drug-likeness (QED) is 0.166. The largest absolute Gasteiger partial charge is 0.507 e. The van der Waals surface area contributed by atoms with Gasteiger partial charge in [0, 0.05) is 52.8 Å². The van der Waals surface area contributed by atoms with E-state index in [2.05, 4.69) is 37.7 Å². The van der Waals surface area contributed by atoms with Crippen LogP contribution in [-0.2, 0) is 27.3 Å². The summed E-state index contributed by atoms with van der Waals surface area (Å²) >= 11 is 0. The zero-order valence-electron chi connectivity index (χ0n) is 27.5. The minimum atomic E-state index is -0.480. The van der Waals surface area contributed by atoms with Crippen molar-refractivity contribution >= 4 is 39.6 Å². The van der Waals surface area contributed by atoms with E-state index in [-0.39, 0.29) is 23.7 Å². The summed E-state index contributed by atoms with van der Waals surface area (Å²) in [6, 6.07) is 18.6. The van der Waals surface area contributed by atoms with Gasteiger partial charge in [0.2, 0.25) is 11.8 Å². The van der Waals surface area contributed by atoms with Gasteiger partial charge in [-0.15, -0.1) is 10.2 Å². The van der Waals surface area contributed by atoms with Gasteiger partial charge in [0.15, 0.2) is 5.82 Å². The van der Waals surface area contributed by atoms with E-state index in [0.29, 0.717) is 42.4 Å². The number of phenolic OH excluding ortho intramolecular Hbond substituents is 1. The Hall–Kier alpha value is -5.62. The Morgan fingerprint density at radius 1 is 0.960 bits per heavy atom. The molecule has 6 aromatic rings. The number of ether oxygens (including phenoxy) is 1. The number of nitrogen functional groups attached to an aromatic ring is 1. The van der Waals surface area contributed by atoms with E-state index >= 15 is 0 Å². The standard InChI is InChI=1S/C38H38N8O4/c39-36-29(19-30(43-44-36)27-6-1-2-9-33(27)47)25-20-41-45(22-25)21-23-10-12-26(13-11-23)50-18-16-24-5-3-8-31-35(24)28-7-4-17-40-37(28)46(31)32-14-15-34(48)42-38(32)49/h1-9,17,19-20,22-23,26,32,47H,10-16,18,21H2,(H2,39,44)(H,42,48,49). The molecule has 254 valence electrons. The highest BCUT2D eigenvalue weighted by Gasteiger charge is 2.31. The van der Waals surface area contributed by atoms with Gasteiger partial charge >= 0.3 is 0 Å². The van der Waals surface area contributed by atoms with E-state index in [0.717, 1.165) is 77.3 Å². The van der Waals surface area contributed by atoms with Crippen LogP contribution in [0.5, 0.6) is 5.75 Å². The maximum absolute atomic E-state index is 12.9. The fraction of sp³-hybridized carbons (Fsp3) is 0.316. The van der Waals surface area contributed by atoms with Crippen LogP contribution in [0.25, 0.3) is 44.3 Å². The molecule has 0 bridgehead atoms. The molecular weight excluding hydrogens is 632 g/mol. The lowest BCUT2D eigenvalue weighted by Crippen LogP contribution is -2.41. The van der Waals surface area contributed by atoms with Gasteiger partial charge < -0.3 is 20.1 Å². The molecule has 2 aromatic carbocycles. The van der Waals surface area contributed by atoms with Crippen molar-refractivity contribution in [1.82, 2.24) is 34.8 Å². The fourth-order valence-electron chi connectivity index (χ4n) is 7.59. The van der Waals surface area contributed by atoms with Gasteiger partial charge in [-0.1, -0.05) is 24.3 Å². The molecule has 5 heterocycles. The van der Waals surface area contributed by atoms with Gasteiger partial charge in [-0.2, -0.15) is 5.10 Å². The van der Waals surface area contributed by atoms with Crippen LogP contribution in [0.15, 0.2) is 79.3 Å². The first-order valence-corrected chi connectivity index (χ1v) is 17.2. The van der Waals surface area contributed by atoms with E-state index in [9.17, 15) is 14.7 Å². The molecule has 1 unspecified atom stereocenters. The molecule has 2 fully saturated rings. The van der Waals surface area contributed by atoms with Crippen LogP contribution in [0.1, 0.15) is 50.1 Å². The molecule has 1 atom stereocenters. The summed E-state index contributed by atoms with van der Waals surface area (Å²) < 4.78 is 10.4. The number of carbonyl (C=O) groups excluding carboxylic acids is 2. The molecule has 12 nitrogen and oxygen atoms in total. The van der Waals surface area contributed by atoms with E-state index in [1.165, 1.54) is 0 Å². The monoisotopic (exact) mass is 670 g/mol. The number of imide groups is 1. The maximum atomic E-state index is 12.9. The molecule has 4 aromatic heterocycles. The van der Waals surface area contributed by atoms with E-state index in [1.54, 1.807) is 30.6 Å². The molecule has 1 saturated heterocycles. The molecule has 12 heteroatoms. The average molecular weight is 671 g/mol. The number of nitrogens with two attached hydrogens (primary N) is 1. The number of aromatic nitrogens is 6. The number of anilines is 1. The lowest BCUT2D eigenvalue weighted by Gasteiger charge is -2.28. The van der Waals surface area contributed by atoms with Crippen molar-refractivity contribution in [2.45, 2.75) is 63.6 Å². The van der Waals surface area contributed by atoms with E-state index in [1.807, 2.05) is 45.8 Å². The highest BCUT2D eigenvalue weighted by molar-refractivity contribution is 6.10. The summed E-state index contributed by atoms with van der Waals surface area (Å²) in [4.78, 5) is 29.4. The van der Waals surface area contributed by atoms with Crippen molar-refractivity contribution in [1.29, 1.82) is 0 Å². The Morgan fingerprint density at radius 3 is 2.66 bits per heavy atom. The number of piperidine rings is 1. The van der Waals surface area contributed by atoms with E-state index < -0.39 is 6.04 Å². The number of nitrogens with one attached hydrogen (secondary N) is 1. The molecule has 4 N–H and O–H groups in total. The molecule has 1 aliphatic carbocycles. The third-order valence-corrected chi connectivity index (χ3v) is 10.1. The molecule has 0 radical (unpaired) electrons. The smallest absolute Gasteiger partial charge is 0.249 e. The van der Waals surface area contributed by atoms with Gasteiger partial charge in [-0.3, -0.25) is 19.6 Å². The van der Waals surface area contributed by atoms with Crippen LogP contribution < -0.4 is 11.1 Å². The van der Waals surface area contributed by atoms with Crippen molar-refractivity contribution in [2.24, 2.45) is 5.92 Å². The minimum absolute atomic E-state index is 0.137. The number of rotatable bonds is 9. The van der Waals surface area contributed by atoms with Crippen LogP contribution in [0.3, 0.4) is 0 Å². The van der Waals surface area contributed by atoms with Crippen molar-refractivity contribution in [3.8, 4) is 28.1 Å². The number of aromatic hydroxyl groups is 1. The summed E-state index contributed by atoms with van der Waals surface area (Å²) in [6.45, 7) is 1.41. The number of amides is 2. The predicted octanol–water partition coefficient (Wildman–Crippen LogP) is 5.59. The SMILES string of the molecule is Nc1nnc(-c2ccccc2O)cc1-c1cnn(CC2CCC(OCCc3cccc4c3c3cccnc3n4C3CCC(=O)NC3=O)CC2)c1. The van der Waals surface area contributed by atoms with Crippen molar-refractivity contribution < 1.29 is 19.4 Å². The molecule has 8 rings (SSSR count). The number of nitrogens with zero attached hydrogens (tertiary/aromatic N) is 6. The highest BCUT2D eigenvalue weighted by atomic mass is 16.5. The van der Waals surface area contributed by atoms with Crippen LogP contribution in [0, 0.1) is 5.92 Å². The zero-order valence-corrected chi connectivity index (χ0v) is 27.5. The third-order valence-electron chi connectivity index (χ3n) is 10.1. The van der Waals surface area contributed by atoms with Crippen LogP contribution in [-0.4, -0.2) is 59.2 Å². The number of fused-ring (bicyclic) bond motifs is 3. The predicted molar refractivity (Wildman–Crippen MR) is 189 cm³/mol. The molecule has 1 saturated carbocycles. The second kappa shape index (κ2) is 13.4. The minimum Gasteiger partial charge on any atom is -0.507 e. The summed E-state index contributed by atoms with van der Waals surface area (Å²) in [7, 11) is 0. The third kappa shape index (κ3) is 6.07. The van der Waals surface area contributed by atoms with Gasteiger partial charge in [0.05, 0.1) is 30.1 Å². The van der Waals surface area contributed by atoms with Gasteiger partial charge in [0.1, 0.15) is 17.4 Å². The van der Waals surface area contributed by atoms with Gasteiger partial charge in [-0.25, -0.2) is 4.98 Å². The summed E-state index contributed by atoms with van der Waals surface area (Å²) in [5, 5.41) is 27.8. The van der Waals surface area contributed by atoms with Gasteiger partial charge in [-0.05, 0) is 86.4 Å². The number of phenols is 1. The zero-order chi connectivity index (χ0) is 34.2. The number of benzene rings is 2. The van der Waals surface area contributed by atoms with Crippen molar-refractivity contribution in [3.05, 3.63) is 84.8 Å². The first-order chi connectivity index (χ1) is 24.4. The Morgan fingerprint density at radius 2 is 1.82 bits per heavy atom. The molecule has 50 heavy (non-hydrogen) atoms. The van der Waals surface area contributed by atoms with Crippen molar-refractivity contribution in [3.63, 3.8) is 0 Å². The topological polar surface area (TPSA) is 163 Å². The molecule has 2 aliphatic rings. The fourth-order valence-corrected chi connectivity index (χ4v) is 7.59. The van der Waals surface area contributed by atoms with Gasteiger partial charge in [0.25, 0.3) is 0 Å². The summed E-state index contributed by atoms with van der Waals surface area (Å²) in [6.07, 6.45) is 11.4. The second-order valence-corrected chi connectivity index (χ2v) is 13.3. The average Bonchev–Trinajstić information content (AvgIpc) is 3.73. The van der Waals surface area contributed by atoms with E-state index in [4.69, 9.17) is 10.5 Å². The molecule has 2 amide bonds. The summed E-state index contributed by atoms with van der Waals surface area (Å²) in [5.74, 6) is 0.435. The number of carbonyl (C=O) groups is 2. The summed E-state index contributed by atoms with van der Waals surface area (Å²) in [5.41, 5.74) is 11.8. The Labute approximate surface area is 288 Å². The number of hydrogen-bond acceptors (Lipinski definition) is 9. The number of para-hydroxylation sites is 1. The Kier molecular flexibility index (Phi) is 8.45. The second-order valence-electron chi connectivity index (χ2n) is 13.3. The van der Waals surface area contributed by atoms with Crippen molar-refractivity contribution in [2.75, 3.05) is 12.3 Å². The Balaban J connectivity index is 0.890. The van der Waals surface area contributed by atoms with Crippen LogP contribution >= 0.6 is 0 Å². The lowest BCUT2D eigenvalue weighted by atomic mass is 9.87. The number of hydrogen-bond donors (Lipinski definition) is 3. The van der Waals surface area contributed by atoms with Crippen LogP contribution in [0.4, 0.5) is 5.82 Å². The molecular formula is C38H38N8O4. The Bertz CT molecular complexity index is 2220. The maximum Gasteiger partial charge on any atom is 0.249 e. The van der Waals surface area contributed by atoms with Crippen LogP contribution in [0.2, 0.25) is 0 Å². The normalized spacial score (nSPS) is 19.6. The first kappa shape index (κ1) is 31.6. The highest BCUT2D eigenvalue weighted by Crippen LogP contribution is 2.36. The molecule has 0 spiro atoms.